The summed E-state index contributed by atoms with van der Waals surface area (Å²) in [4.78, 5) is 11.4. The first-order valence-electron chi connectivity index (χ1n) is 6.44. The summed E-state index contributed by atoms with van der Waals surface area (Å²) in [5.74, 6) is -0.405. The van der Waals surface area contributed by atoms with Crippen LogP contribution in [0.25, 0.3) is 0 Å². The zero-order valence-corrected chi connectivity index (χ0v) is 12.0. The zero-order valence-electron chi connectivity index (χ0n) is 11.3. The molecular weight excluding hydrogens is 272 g/mol. The van der Waals surface area contributed by atoms with Crippen molar-refractivity contribution in [2.75, 3.05) is 0 Å². The Bertz CT molecular complexity index is 613. The Kier molecular flexibility index (Phi) is 4.77. The van der Waals surface area contributed by atoms with E-state index < -0.39 is 5.91 Å². The van der Waals surface area contributed by atoms with E-state index in [4.69, 9.17) is 17.3 Å². The van der Waals surface area contributed by atoms with Crippen LogP contribution >= 0.6 is 11.6 Å². The lowest BCUT2D eigenvalue weighted by molar-refractivity contribution is 0.0999. The van der Waals surface area contributed by atoms with Gasteiger partial charge < -0.3 is 11.1 Å². The molecule has 20 heavy (non-hydrogen) atoms. The van der Waals surface area contributed by atoms with Crippen LogP contribution < -0.4 is 11.1 Å². The number of halogens is 1. The van der Waals surface area contributed by atoms with Crippen molar-refractivity contribution in [1.29, 1.82) is 0 Å². The highest BCUT2D eigenvalue weighted by Gasteiger charge is 2.09. The minimum atomic E-state index is -0.405. The number of hydrogen-bond acceptors (Lipinski definition) is 2. The number of hydrogen-bond donors (Lipinski definition) is 2. The second kappa shape index (κ2) is 6.55. The first kappa shape index (κ1) is 14.6. The van der Waals surface area contributed by atoms with Crippen molar-refractivity contribution in [1.82, 2.24) is 5.32 Å². The first-order valence-corrected chi connectivity index (χ1v) is 6.82. The van der Waals surface area contributed by atoms with E-state index in [0.717, 1.165) is 11.1 Å². The third-order valence-electron chi connectivity index (χ3n) is 3.23. The molecule has 2 rings (SSSR count). The van der Waals surface area contributed by atoms with Gasteiger partial charge in [0.1, 0.15) is 0 Å². The summed E-state index contributed by atoms with van der Waals surface area (Å²) in [6.07, 6.45) is 0. The van der Waals surface area contributed by atoms with Crippen molar-refractivity contribution in [3.8, 4) is 0 Å². The number of nitrogens with one attached hydrogen (secondary N) is 1. The van der Waals surface area contributed by atoms with Crippen LogP contribution in [0.2, 0.25) is 5.02 Å². The van der Waals surface area contributed by atoms with E-state index in [9.17, 15) is 4.79 Å². The van der Waals surface area contributed by atoms with Crippen molar-refractivity contribution >= 4 is 17.5 Å². The van der Waals surface area contributed by atoms with Gasteiger partial charge in [0.05, 0.1) is 0 Å². The normalized spacial score (nSPS) is 12.1. The summed E-state index contributed by atoms with van der Waals surface area (Å²) in [6, 6.07) is 15.2. The number of primary amides is 1. The largest absolute Gasteiger partial charge is 0.366 e. The van der Waals surface area contributed by atoms with Gasteiger partial charge in [-0.1, -0.05) is 41.9 Å². The molecule has 1 amide bonds. The van der Waals surface area contributed by atoms with Crippen molar-refractivity contribution in [3.05, 3.63) is 70.2 Å². The molecule has 1 atom stereocenters. The van der Waals surface area contributed by atoms with Crippen LogP contribution in [-0.2, 0) is 6.54 Å². The maximum absolute atomic E-state index is 11.4. The lowest BCUT2D eigenvalue weighted by atomic mass is 10.1. The number of amides is 1. The monoisotopic (exact) mass is 288 g/mol. The Balaban J connectivity index is 2.07. The summed E-state index contributed by atoms with van der Waals surface area (Å²) in [7, 11) is 0. The Morgan fingerprint density at radius 2 is 2.00 bits per heavy atom. The van der Waals surface area contributed by atoms with Crippen LogP contribution in [0.4, 0.5) is 0 Å². The quantitative estimate of drug-likeness (QED) is 0.887. The molecule has 0 radical (unpaired) electrons. The molecule has 104 valence electrons. The number of benzene rings is 2. The molecule has 0 fully saturated rings. The summed E-state index contributed by atoms with van der Waals surface area (Å²) in [6.45, 7) is 2.63. The van der Waals surface area contributed by atoms with E-state index in [1.54, 1.807) is 6.07 Å². The minimum absolute atomic E-state index is 0.134. The molecule has 0 heterocycles. The first-order chi connectivity index (χ1) is 9.58. The van der Waals surface area contributed by atoms with E-state index in [1.165, 1.54) is 0 Å². The molecular formula is C16H17ClN2O. The summed E-state index contributed by atoms with van der Waals surface area (Å²) < 4.78 is 0. The highest BCUT2D eigenvalue weighted by Crippen LogP contribution is 2.18. The van der Waals surface area contributed by atoms with E-state index >= 15 is 0 Å². The number of nitrogens with two attached hydrogens (primary N) is 1. The molecule has 4 heteroatoms. The maximum atomic E-state index is 11.4. The molecule has 0 spiro atoms. The topological polar surface area (TPSA) is 55.1 Å². The van der Waals surface area contributed by atoms with Gasteiger partial charge in [-0.15, -0.1) is 0 Å². The average Bonchev–Trinajstić information content (AvgIpc) is 2.45. The van der Waals surface area contributed by atoms with Gasteiger partial charge in [0.25, 0.3) is 0 Å². The molecule has 2 aromatic carbocycles. The summed E-state index contributed by atoms with van der Waals surface area (Å²) in [5, 5.41) is 4.09. The van der Waals surface area contributed by atoms with E-state index in [0.29, 0.717) is 17.1 Å². The number of carbonyl (C=O) groups is 1. The molecule has 0 aliphatic rings. The Labute approximate surface area is 123 Å². The standard InChI is InChI=1S/C16H17ClN2O/c1-11(12-6-4-7-14(17)9-12)19-10-13-5-2-3-8-15(13)16(18)20/h2-9,11,19H,10H2,1H3,(H2,18,20)/t11-/m0/s1. The Morgan fingerprint density at radius 3 is 2.70 bits per heavy atom. The molecule has 3 nitrogen and oxygen atoms in total. The second-order valence-corrected chi connectivity index (χ2v) is 5.12. The van der Waals surface area contributed by atoms with Crippen LogP contribution in [0.15, 0.2) is 48.5 Å². The summed E-state index contributed by atoms with van der Waals surface area (Å²) >= 11 is 5.98. The Morgan fingerprint density at radius 1 is 1.25 bits per heavy atom. The Hall–Kier alpha value is -1.84. The van der Waals surface area contributed by atoms with E-state index in [1.807, 2.05) is 42.5 Å². The lowest BCUT2D eigenvalue weighted by Gasteiger charge is -2.15. The molecule has 2 aromatic rings. The van der Waals surface area contributed by atoms with Crippen LogP contribution in [-0.4, -0.2) is 5.91 Å². The van der Waals surface area contributed by atoms with Crippen LogP contribution in [0.3, 0.4) is 0 Å². The van der Waals surface area contributed by atoms with Gasteiger partial charge in [-0.3, -0.25) is 4.79 Å². The average molecular weight is 289 g/mol. The minimum Gasteiger partial charge on any atom is -0.366 e. The number of rotatable bonds is 5. The molecule has 0 aliphatic carbocycles. The van der Waals surface area contributed by atoms with Crippen molar-refractivity contribution in [2.45, 2.75) is 19.5 Å². The molecule has 0 unspecified atom stereocenters. The van der Waals surface area contributed by atoms with Gasteiger partial charge in [0, 0.05) is 23.2 Å². The van der Waals surface area contributed by atoms with Crippen molar-refractivity contribution in [2.24, 2.45) is 5.73 Å². The van der Waals surface area contributed by atoms with Crippen LogP contribution in [0.5, 0.6) is 0 Å². The highest BCUT2D eigenvalue weighted by atomic mass is 35.5. The van der Waals surface area contributed by atoms with Gasteiger partial charge >= 0.3 is 0 Å². The molecule has 0 bridgehead atoms. The lowest BCUT2D eigenvalue weighted by Crippen LogP contribution is -2.21. The van der Waals surface area contributed by atoms with E-state index in [-0.39, 0.29) is 6.04 Å². The SMILES string of the molecule is C[C@H](NCc1ccccc1C(N)=O)c1cccc(Cl)c1. The third-order valence-corrected chi connectivity index (χ3v) is 3.47. The van der Waals surface area contributed by atoms with Gasteiger partial charge in [-0.05, 0) is 36.2 Å². The fourth-order valence-corrected chi connectivity index (χ4v) is 2.27. The predicted molar refractivity (Wildman–Crippen MR) is 81.7 cm³/mol. The third kappa shape index (κ3) is 3.59. The van der Waals surface area contributed by atoms with Gasteiger partial charge in [-0.25, -0.2) is 0 Å². The zero-order chi connectivity index (χ0) is 14.5. The van der Waals surface area contributed by atoms with Crippen LogP contribution in [0.1, 0.15) is 34.5 Å². The van der Waals surface area contributed by atoms with Crippen molar-refractivity contribution < 1.29 is 4.79 Å². The highest BCUT2D eigenvalue weighted by molar-refractivity contribution is 6.30. The number of carbonyl (C=O) groups excluding carboxylic acids is 1. The summed E-state index contributed by atoms with van der Waals surface area (Å²) in [5.41, 5.74) is 7.92. The molecule has 0 saturated carbocycles. The van der Waals surface area contributed by atoms with Gasteiger partial charge in [0.2, 0.25) is 5.91 Å². The smallest absolute Gasteiger partial charge is 0.249 e. The van der Waals surface area contributed by atoms with Gasteiger partial charge in [-0.2, -0.15) is 0 Å². The second-order valence-electron chi connectivity index (χ2n) is 4.68. The molecule has 0 aromatic heterocycles. The fraction of sp³-hybridized carbons (Fsp3) is 0.188. The predicted octanol–water partition coefficient (Wildman–Crippen LogP) is 3.29. The van der Waals surface area contributed by atoms with Crippen LogP contribution in [0, 0.1) is 0 Å². The van der Waals surface area contributed by atoms with Gasteiger partial charge in [0.15, 0.2) is 0 Å². The maximum Gasteiger partial charge on any atom is 0.249 e. The van der Waals surface area contributed by atoms with Crippen molar-refractivity contribution in [3.63, 3.8) is 0 Å². The molecule has 0 saturated heterocycles. The molecule has 3 N–H and O–H groups in total. The molecule has 0 aliphatic heterocycles. The fourth-order valence-electron chi connectivity index (χ4n) is 2.07. The van der Waals surface area contributed by atoms with E-state index in [2.05, 4.69) is 12.2 Å².